The normalized spacial score (nSPS) is 9.92. The van der Waals surface area contributed by atoms with Crippen molar-refractivity contribution < 1.29 is 14.3 Å². The number of carboxylic acids is 1. The molecule has 0 spiro atoms. The maximum atomic E-state index is 13.0. The summed E-state index contributed by atoms with van der Waals surface area (Å²) in [6, 6.07) is 1.02. The molecule has 0 heterocycles. The average Bonchev–Trinajstić information content (AvgIpc) is 2.07. The monoisotopic (exact) mass is 185 g/mol. The Labute approximate surface area is 72.9 Å². The standard InChI is InChI=1S/C7H8FN3O2/c8-4-5(10)2(7(12)13)1-3(9)6(4)11/h1H,9-11H2,(H,12,13). The highest BCUT2D eigenvalue weighted by Gasteiger charge is 2.16. The summed E-state index contributed by atoms with van der Waals surface area (Å²) in [6.07, 6.45) is 0. The second-order valence-corrected chi connectivity index (χ2v) is 2.46. The van der Waals surface area contributed by atoms with Gasteiger partial charge in [-0.05, 0) is 6.07 Å². The van der Waals surface area contributed by atoms with Crippen LogP contribution in [0.2, 0.25) is 0 Å². The molecule has 0 saturated carbocycles. The maximum absolute atomic E-state index is 13.0. The van der Waals surface area contributed by atoms with E-state index in [1.807, 2.05) is 0 Å². The molecule has 0 aliphatic carbocycles. The third-order valence-electron chi connectivity index (χ3n) is 1.60. The molecule has 1 aromatic carbocycles. The summed E-state index contributed by atoms with van der Waals surface area (Å²) in [5.74, 6) is -2.33. The van der Waals surface area contributed by atoms with Gasteiger partial charge in [-0.3, -0.25) is 0 Å². The average molecular weight is 185 g/mol. The van der Waals surface area contributed by atoms with Gasteiger partial charge in [-0.15, -0.1) is 0 Å². The van der Waals surface area contributed by atoms with Crippen molar-refractivity contribution in [2.24, 2.45) is 0 Å². The van der Waals surface area contributed by atoms with E-state index >= 15 is 0 Å². The second-order valence-electron chi connectivity index (χ2n) is 2.46. The fourth-order valence-electron chi connectivity index (χ4n) is 0.878. The largest absolute Gasteiger partial charge is 0.478 e. The predicted molar refractivity (Wildman–Crippen MR) is 46.6 cm³/mol. The van der Waals surface area contributed by atoms with Crippen LogP contribution in [-0.4, -0.2) is 11.1 Å². The van der Waals surface area contributed by atoms with E-state index in [-0.39, 0.29) is 16.9 Å². The zero-order chi connectivity index (χ0) is 10.2. The topological polar surface area (TPSA) is 115 Å². The van der Waals surface area contributed by atoms with Crippen LogP contribution in [0.4, 0.5) is 21.5 Å². The molecule has 0 amide bonds. The van der Waals surface area contributed by atoms with E-state index in [4.69, 9.17) is 22.3 Å². The van der Waals surface area contributed by atoms with E-state index in [9.17, 15) is 9.18 Å². The number of halogens is 1. The molecule has 70 valence electrons. The smallest absolute Gasteiger partial charge is 0.337 e. The summed E-state index contributed by atoms with van der Waals surface area (Å²) in [5.41, 5.74) is 14.2. The first kappa shape index (κ1) is 9.11. The Bertz CT molecular complexity index is 378. The van der Waals surface area contributed by atoms with Crippen molar-refractivity contribution in [3.63, 3.8) is 0 Å². The lowest BCUT2D eigenvalue weighted by Crippen LogP contribution is -2.09. The van der Waals surface area contributed by atoms with Gasteiger partial charge in [0, 0.05) is 0 Å². The third-order valence-corrected chi connectivity index (χ3v) is 1.60. The minimum absolute atomic E-state index is 0.135. The number of carbonyl (C=O) groups is 1. The molecule has 0 bridgehead atoms. The van der Waals surface area contributed by atoms with Crippen LogP contribution in [0.1, 0.15) is 10.4 Å². The van der Waals surface area contributed by atoms with Gasteiger partial charge in [-0.25, -0.2) is 9.18 Å². The van der Waals surface area contributed by atoms with Crippen molar-refractivity contribution in [2.45, 2.75) is 0 Å². The van der Waals surface area contributed by atoms with Crippen LogP contribution in [0.3, 0.4) is 0 Å². The van der Waals surface area contributed by atoms with Gasteiger partial charge in [0.05, 0.1) is 22.6 Å². The number of rotatable bonds is 1. The summed E-state index contributed by atoms with van der Waals surface area (Å²) in [7, 11) is 0. The van der Waals surface area contributed by atoms with E-state index in [0.717, 1.165) is 6.07 Å². The van der Waals surface area contributed by atoms with Crippen LogP contribution in [0.15, 0.2) is 6.07 Å². The maximum Gasteiger partial charge on any atom is 0.337 e. The van der Waals surface area contributed by atoms with Crippen LogP contribution in [-0.2, 0) is 0 Å². The van der Waals surface area contributed by atoms with Crippen LogP contribution in [0.25, 0.3) is 0 Å². The van der Waals surface area contributed by atoms with Gasteiger partial charge >= 0.3 is 5.97 Å². The minimum atomic E-state index is -1.34. The van der Waals surface area contributed by atoms with E-state index < -0.39 is 17.5 Å². The minimum Gasteiger partial charge on any atom is -0.478 e. The fraction of sp³-hybridized carbons (Fsp3) is 0. The Morgan fingerprint density at radius 3 is 2.31 bits per heavy atom. The molecule has 0 unspecified atom stereocenters. The van der Waals surface area contributed by atoms with Crippen LogP contribution in [0, 0.1) is 5.82 Å². The summed E-state index contributed by atoms with van der Waals surface area (Å²) in [6.45, 7) is 0. The van der Waals surface area contributed by atoms with Gasteiger partial charge in [0.1, 0.15) is 0 Å². The molecule has 1 rings (SSSR count). The fourth-order valence-corrected chi connectivity index (χ4v) is 0.878. The highest BCUT2D eigenvalue weighted by molar-refractivity contribution is 5.96. The van der Waals surface area contributed by atoms with Gasteiger partial charge in [-0.1, -0.05) is 0 Å². The number of nitrogens with two attached hydrogens (primary N) is 3. The quantitative estimate of drug-likeness (QED) is 0.468. The summed E-state index contributed by atoms with van der Waals surface area (Å²) in [5, 5.41) is 8.56. The third kappa shape index (κ3) is 1.33. The molecule has 0 fully saturated rings. The van der Waals surface area contributed by atoms with Gasteiger partial charge in [0.25, 0.3) is 0 Å². The van der Waals surface area contributed by atoms with Gasteiger partial charge in [-0.2, -0.15) is 0 Å². The number of hydrogen-bond donors (Lipinski definition) is 4. The molecule has 0 atom stereocenters. The van der Waals surface area contributed by atoms with Crippen molar-refractivity contribution in [3.05, 3.63) is 17.4 Å². The Morgan fingerprint density at radius 2 is 1.85 bits per heavy atom. The van der Waals surface area contributed by atoms with Crippen molar-refractivity contribution in [1.29, 1.82) is 0 Å². The van der Waals surface area contributed by atoms with Gasteiger partial charge in [0.15, 0.2) is 5.82 Å². The molecule has 1 aromatic rings. The number of nitrogen functional groups attached to an aromatic ring is 3. The number of hydrogen-bond acceptors (Lipinski definition) is 4. The highest BCUT2D eigenvalue weighted by Crippen LogP contribution is 2.27. The first-order valence-corrected chi connectivity index (χ1v) is 3.31. The molecular weight excluding hydrogens is 177 g/mol. The molecule has 6 heteroatoms. The van der Waals surface area contributed by atoms with E-state index in [1.54, 1.807) is 0 Å². The Hall–Kier alpha value is -1.98. The van der Waals surface area contributed by atoms with Crippen LogP contribution >= 0.6 is 0 Å². The first-order chi connectivity index (χ1) is 5.95. The van der Waals surface area contributed by atoms with E-state index in [0.29, 0.717) is 0 Å². The lowest BCUT2D eigenvalue weighted by atomic mass is 10.1. The Kier molecular flexibility index (Phi) is 1.97. The molecule has 0 aromatic heterocycles. The van der Waals surface area contributed by atoms with Crippen molar-refractivity contribution in [1.82, 2.24) is 0 Å². The van der Waals surface area contributed by atoms with Gasteiger partial charge < -0.3 is 22.3 Å². The van der Waals surface area contributed by atoms with Crippen molar-refractivity contribution >= 4 is 23.0 Å². The summed E-state index contributed by atoms with van der Waals surface area (Å²) < 4.78 is 13.0. The van der Waals surface area contributed by atoms with Crippen LogP contribution in [0.5, 0.6) is 0 Å². The predicted octanol–water partition coefficient (Wildman–Crippen LogP) is 0.271. The molecule has 0 radical (unpaired) electrons. The van der Waals surface area contributed by atoms with E-state index in [2.05, 4.69) is 0 Å². The zero-order valence-corrected chi connectivity index (χ0v) is 6.54. The van der Waals surface area contributed by atoms with Crippen molar-refractivity contribution in [2.75, 3.05) is 17.2 Å². The SMILES string of the molecule is Nc1cc(C(=O)O)c(N)c(F)c1N. The second kappa shape index (κ2) is 2.81. The Balaban J connectivity index is 3.50. The number of anilines is 3. The molecule has 0 saturated heterocycles. The molecule has 0 aliphatic rings. The van der Waals surface area contributed by atoms with E-state index in [1.165, 1.54) is 0 Å². The molecule has 13 heavy (non-hydrogen) atoms. The molecule has 7 N–H and O–H groups in total. The number of carboxylic acid groups (broad SMARTS) is 1. The molecule has 5 nitrogen and oxygen atoms in total. The summed E-state index contributed by atoms with van der Waals surface area (Å²) >= 11 is 0. The first-order valence-electron chi connectivity index (χ1n) is 3.31. The van der Waals surface area contributed by atoms with Gasteiger partial charge in [0.2, 0.25) is 0 Å². The number of benzene rings is 1. The molecule has 0 aliphatic heterocycles. The number of aromatic carboxylic acids is 1. The molecular formula is C7H8FN3O2. The van der Waals surface area contributed by atoms with Crippen LogP contribution < -0.4 is 17.2 Å². The summed E-state index contributed by atoms with van der Waals surface area (Å²) in [4.78, 5) is 10.5. The Morgan fingerprint density at radius 1 is 1.31 bits per heavy atom. The lowest BCUT2D eigenvalue weighted by molar-refractivity contribution is 0.0697. The highest BCUT2D eigenvalue weighted by atomic mass is 19.1. The lowest BCUT2D eigenvalue weighted by Gasteiger charge is -2.07. The van der Waals surface area contributed by atoms with Crippen molar-refractivity contribution in [3.8, 4) is 0 Å². The zero-order valence-electron chi connectivity index (χ0n) is 6.54.